The first-order valence-corrected chi connectivity index (χ1v) is 7.80. The number of benzene rings is 1. The monoisotopic (exact) mass is 312 g/mol. The molecule has 0 heterocycles. The van der Waals surface area contributed by atoms with Crippen molar-refractivity contribution in [3.8, 4) is 5.75 Å². The van der Waals surface area contributed by atoms with Crippen LogP contribution in [0.25, 0.3) is 0 Å². The second kappa shape index (κ2) is 7.77. The fourth-order valence-corrected chi connectivity index (χ4v) is 2.52. The van der Waals surface area contributed by atoms with E-state index in [1.807, 2.05) is 38.1 Å². The Balaban J connectivity index is 1.95. The van der Waals surface area contributed by atoms with E-state index in [9.17, 15) is 4.79 Å². The van der Waals surface area contributed by atoms with Gasteiger partial charge < -0.3 is 4.74 Å². The number of carbonyl (C=O) groups is 1. The fraction of sp³-hybridized carbons (Fsp3) is 0.368. The molecule has 1 atom stereocenters. The van der Waals surface area contributed by atoms with Gasteiger partial charge in [-0.25, -0.2) is 5.43 Å². The molecule has 0 saturated carbocycles. The minimum atomic E-state index is -0.118. The van der Waals surface area contributed by atoms with Crippen molar-refractivity contribution in [3.63, 3.8) is 0 Å². The maximum Gasteiger partial charge on any atom is 0.244 e. The molecule has 1 aliphatic rings. The molecule has 1 aromatic rings. The summed E-state index contributed by atoms with van der Waals surface area (Å²) in [7, 11) is 1.62. The molecule has 122 valence electrons. The van der Waals surface area contributed by atoms with Gasteiger partial charge in [-0.15, -0.1) is 0 Å². The summed E-state index contributed by atoms with van der Waals surface area (Å²) in [5.74, 6) is 1.08. The highest BCUT2D eigenvalue weighted by Gasteiger charge is 2.18. The molecule has 0 aliphatic heterocycles. The number of ether oxygens (including phenoxy) is 1. The van der Waals surface area contributed by atoms with Crippen LogP contribution in [-0.2, 0) is 11.2 Å². The van der Waals surface area contributed by atoms with Crippen LogP contribution in [0.15, 0.2) is 53.2 Å². The summed E-state index contributed by atoms with van der Waals surface area (Å²) in [4.78, 5) is 12.0. The Hall–Kier alpha value is -2.36. The summed E-state index contributed by atoms with van der Waals surface area (Å²) >= 11 is 0. The van der Waals surface area contributed by atoms with E-state index in [1.165, 1.54) is 0 Å². The quantitative estimate of drug-likeness (QED) is 0.666. The topological polar surface area (TPSA) is 50.7 Å². The van der Waals surface area contributed by atoms with Crippen molar-refractivity contribution >= 4 is 11.6 Å². The third-order valence-electron chi connectivity index (χ3n) is 4.14. The minimum Gasteiger partial charge on any atom is -0.497 e. The van der Waals surface area contributed by atoms with Gasteiger partial charge in [0.05, 0.1) is 19.2 Å². The van der Waals surface area contributed by atoms with E-state index in [-0.39, 0.29) is 5.91 Å². The molecule has 0 fully saturated rings. The number of nitrogens with one attached hydrogen (secondary N) is 1. The van der Waals surface area contributed by atoms with E-state index in [0.29, 0.717) is 12.3 Å². The van der Waals surface area contributed by atoms with Gasteiger partial charge in [0, 0.05) is 0 Å². The standard InChI is InChI=1S/C19H24N2O2/c1-13(2)16-8-5-14(3)18(12-16)20-21-19(22)11-15-6-9-17(23-4)10-7-15/h5-7,9-10,16H,1,8,11-12H2,2-4H3,(H,21,22)/b20-18-/t16-/m0/s1. The van der Waals surface area contributed by atoms with Crippen LogP contribution >= 0.6 is 0 Å². The number of nitrogens with zero attached hydrogens (tertiary/aromatic N) is 1. The van der Waals surface area contributed by atoms with E-state index in [4.69, 9.17) is 4.74 Å². The van der Waals surface area contributed by atoms with Crippen molar-refractivity contribution < 1.29 is 9.53 Å². The number of hydrogen-bond donors (Lipinski definition) is 1. The molecule has 0 unspecified atom stereocenters. The maximum absolute atomic E-state index is 12.0. The second-order valence-electron chi connectivity index (χ2n) is 5.99. The van der Waals surface area contributed by atoms with Gasteiger partial charge in [0.15, 0.2) is 0 Å². The lowest BCUT2D eigenvalue weighted by Crippen LogP contribution is -2.24. The molecule has 4 heteroatoms. The van der Waals surface area contributed by atoms with Crippen LogP contribution in [0, 0.1) is 5.92 Å². The zero-order valence-electron chi connectivity index (χ0n) is 14.1. The molecule has 0 aromatic heterocycles. The normalized spacial score (nSPS) is 19.2. The smallest absolute Gasteiger partial charge is 0.244 e. The Morgan fingerprint density at radius 3 is 2.70 bits per heavy atom. The Morgan fingerprint density at radius 2 is 2.09 bits per heavy atom. The molecule has 23 heavy (non-hydrogen) atoms. The van der Waals surface area contributed by atoms with Crippen molar-refractivity contribution in [3.05, 3.63) is 53.6 Å². The average molecular weight is 312 g/mol. The van der Waals surface area contributed by atoms with Crippen LogP contribution in [0.1, 0.15) is 32.3 Å². The highest BCUT2D eigenvalue weighted by molar-refractivity contribution is 6.01. The maximum atomic E-state index is 12.0. The van der Waals surface area contributed by atoms with Crippen LogP contribution in [0.3, 0.4) is 0 Å². The van der Waals surface area contributed by atoms with Crippen molar-refractivity contribution in [1.29, 1.82) is 0 Å². The zero-order valence-corrected chi connectivity index (χ0v) is 14.1. The first kappa shape index (κ1) is 17.0. The molecule has 4 nitrogen and oxygen atoms in total. The molecule has 0 spiro atoms. The molecule has 1 aromatic carbocycles. The summed E-state index contributed by atoms with van der Waals surface area (Å²) in [5, 5.41) is 4.31. The van der Waals surface area contributed by atoms with Crippen molar-refractivity contribution in [2.75, 3.05) is 7.11 Å². The molecule has 1 amide bonds. The Labute approximate surface area is 137 Å². The van der Waals surface area contributed by atoms with Gasteiger partial charge in [-0.05, 0) is 55.9 Å². The van der Waals surface area contributed by atoms with Gasteiger partial charge in [-0.1, -0.05) is 30.4 Å². The van der Waals surface area contributed by atoms with E-state index in [0.717, 1.165) is 41.0 Å². The molecule has 1 N–H and O–H groups in total. The van der Waals surface area contributed by atoms with Crippen LogP contribution in [0.2, 0.25) is 0 Å². The Bertz CT molecular complexity index is 642. The number of hydrazone groups is 1. The van der Waals surface area contributed by atoms with Gasteiger partial charge in [0.25, 0.3) is 0 Å². The lowest BCUT2D eigenvalue weighted by Gasteiger charge is -2.22. The molecular formula is C19H24N2O2. The predicted octanol–water partition coefficient (Wildman–Crippen LogP) is 3.64. The third kappa shape index (κ3) is 4.81. The van der Waals surface area contributed by atoms with Crippen LogP contribution in [0.4, 0.5) is 0 Å². The fourth-order valence-electron chi connectivity index (χ4n) is 2.52. The van der Waals surface area contributed by atoms with E-state index in [1.54, 1.807) is 7.11 Å². The number of carbonyl (C=O) groups excluding carboxylic acids is 1. The molecule has 0 radical (unpaired) electrons. The van der Waals surface area contributed by atoms with Gasteiger partial charge in [0.1, 0.15) is 5.75 Å². The van der Waals surface area contributed by atoms with Crippen LogP contribution < -0.4 is 10.2 Å². The Morgan fingerprint density at radius 1 is 1.39 bits per heavy atom. The molecular weight excluding hydrogens is 288 g/mol. The Kier molecular flexibility index (Phi) is 5.74. The second-order valence-corrected chi connectivity index (χ2v) is 5.99. The molecule has 0 bridgehead atoms. The van der Waals surface area contributed by atoms with Gasteiger partial charge >= 0.3 is 0 Å². The summed E-state index contributed by atoms with van der Waals surface area (Å²) < 4.78 is 5.11. The number of rotatable bonds is 5. The largest absolute Gasteiger partial charge is 0.497 e. The first-order valence-electron chi connectivity index (χ1n) is 7.80. The van der Waals surface area contributed by atoms with E-state index >= 15 is 0 Å². The SMILES string of the molecule is C=C(C)[C@H]1CC=C(C)/C(=N\NC(=O)Cc2ccc(OC)cc2)C1. The highest BCUT2D eigenvalue weighted by Crippen LogP contribution is 2.26. The van der Waals surface area contributed by atoms with E-state index in [2.05, 4.69) is 23.2 Å². The number of methoxy groups -OCH3 is 1. The molecule has 2 rings (SSSR count). The summed E-state index contributed by atoms with van der Waals surface area (Å²) in [6.45, 7) is 8.09. The van der Waals surface area contributed by atoms with E-state index < -0.39 is 0 Å². The number of hydrogen-bond acceptors (Lipinski definition) is 3. The van der Waals surface area contributed by atoms with Crippen molar-refractivity contribution in [2.24, 2.45) is 11.0 Å². The van der Waals surface area contributed by atoms with Gasteiger partial charge in [-0.2, -0.15) is 5.10 Å². The highest BCUT2D eigenvalue weighted by atomic mass is 16.5. The summed E-state index contributed by atoms with van der Waals surface area (Å²) in [6.07, 6.45) is 4.30. The molecule has 0 saturated heterocycles. The summed E-state index contributed by atoms with van der Waals surface area (Å²) in [5.41, 5.74) is 6.82. The minimum absolute atomic E-state index is 0.118. The van der Waals surface area contributed by atoms with Gasteiger partial charge in [-0.3, -0.25) is 4.79 Å². The predicted molar refractivity (Wildman–Crippen MR) is 93.6 cm³/mol. The number of allylic oxidation sites excluding steroid dienone is 3. The zero-order chi connectivity index (χ0) is 16.8. The van der Waals surface area contributed by atoms with Crippen molar-refractivity contribution in [2.45, 2.75) is 33.1 Å². The third-order valence-corrected chi connectivity index (χ3v) is 4.14. The van der Waals surface area contributed by atoms with Crippen LogP contribution in [-0.4, -0.2) is 18.7 Å². The lowest BCUT2D eigenvalue weighted by molar-refractivity contribution is -0.120. The average Bonchev–Trinajstić information content (AvgIpc) is 2.54. The summed E-state index contributed by atoms with van der Waals surface area (Å²) in [6, 6.07) is 7.46. The lowest BCUT2D eigenvalue weighted by atomic mass is 9.85. The van der Waals surface area contributed by atoms with Crippen molar-refractivity contribution in [1.82, 2.24) is 5.43 Å². The first-order chi connectivity index (χ1) is 11.0. The number of amides is 1. The van der Waals surface area contributed by atoms with Gasteiger partial charge in [0.2, 0.25) is 5.91 Å². The van der Waals surface area contributed by atoms with Crippen LogP contribution in [0.5, 0.6) is 5.75 Å². The molecule has 1 aliphatic carbocycles.